The number of H-pyrrole nitrogens is 1. The van der Waals surface area contributed by atoms with Crippen LogP contribution < -0.4 is 15.0 Å². The third kappa shape index (κ3) is 4.57. The van der Waals surface area contributed by atoms with Crippen molar-refractivity contribution in [2.24, 2.45) is 0 Å². The van der Waals surface area contributed by atoms with Gasteiger partial charge in [0.2, 0.25) is 0 Å². The Hall–Kier alpha value is -3.32. The summed E-state index contributed by atoms with van der Waals surface area (Å²) < 4.78 is 15.8. The fraction of sp³-hybridized carbons (Fsp3) is 0.190. The zero-order valence-electron chi connectivity index (χ0n) is 16.1. The van der Waals surface area contributed by atoms with Gasteiger partial charge in [0.25, 0.3) is 5.56 Å². The third-order valence-electron chi connectivity index (χ3n) is 4.18. The van der Waals surface area contributed by atoms with E-state index in [1.54, 1.807) is 49.4 Å². The van der Waals surface area contributed by atoms with Crippen molar-refractivity contribution in [3.8, 4) is 11.5 Å². The maximum atomic E-state index is 12.2. The predicted octanol–water partition coefficient (Wildman–Crippen LogP) is 3.91. The van der Waals surface area contributed by atoms with E-state index < -0.39 is 12.1 Å². The molecular formula is C21H19ClN2O5. The van der Waals surface area contributed by atoms with E-state index in [2.05, 4.69) is 9.97 Å². The zero-order chi connectivity index (χ0) is 21.0. The highest BCUT2D eigenvalue weighted by atomic mass is 35.5. The normalized spacial score (nSPS) is 12.1. The lowest BCUT2D eigenvalue weighted by molar-refractivity contribution is -0.142. The van der Waals surface area contributed by atoms with Gasteiger partial charge in [0.1, 0.15) is 0 Å². The van der Waals surface area contributed by atoms with E-state index >= 15 is 0 Å². The Labute approximate surface area is 171 Å². The number of methoxy groups -OCH3 is 2. The molecule has 0 spiro atoms. The molecule has 7 nitrogen and oxygen atoms in total. The number of esters is 1. The molecule has 0 saturated carbocycles. The van der Waals surface area contributed by atoms with Gasteiger partial charge < -0.3 is 19.2 Å². The van der Waals surface area contributed by atoms with Crippen molar-refractivity contribution in [2.45, 2.75) is 13.0 Å². The molecule has 0 radical (unpaired) electrons. The molecular weight excluding hydrogens is 396 g/mol. The van der Waals surface area contributed by atoms with Crippen LogP contribution in [0.4, 0.5) is 0 Å². The van der Waals surface area contributed by atoms with Gasteiger partial charge in [-0.1, -0.05) is 23.7 Å². The van der Waals surface area contributed by atoms with Gasteiger partial charge in [-0.15, -0.1) is 0 Å². The number of ether oxygens (including phenoxy) is 3. The number of hydrogen-bond donors (Lipinski definition) is 1. The molecule has 1 atom stereocenters. The first-order valence-corrected chi connectivity index (χ1v) is 9.10. The average molecular weight is 415 g/mol. The molecule has 0 aliphatic carbocycles. The molecule has 0 aliphatic heterocycles. The van der Waals surface area contributed by atoms with Crippen molar-refractivity contribution in [1.29, 1.82) is 0 Å². The molecule has 0 aliphatic rings. The number of fused-ring (bicyclic) bond motifs is 1. The van der Waals surface area contributed by atoms with Crippen LogP contribution in [0.5, 0.6) is 11.5 Å². The van der Waals surface area contributed by atoms with Crippen LogP contribution in [0.2, 0.25) is 5.02 Å². The number of aromatic amines is 1. The van der Waals surface area contributed by atoms with E-state index in [9.17, 15) is 9.59 Å². The number of carbonyl (C=O) groups is 1. The largest absolute Gasteiger partial charge is 0.493 e. The Morgan fingerprint density at radius 3 is 2.69 bits per heavy atom. The van der Waals surface area contributed by atoms with Crippen LogP contribution in [0.15, 0.2) is 47.3 Å². The van der Waals surface area contributed by atoms with Crippen molar-refractivity contribution in [2.75, 3.05) is 14.2 Å². The lowest BCUT2D eigenvalue weighted by Gasteiger charge is -2.12. The summed E-state index contributed by atoms with van der Waals surface area (Å²) in [6, 6.07) is 10.3. The number of rotatable bonds is 6. The summed E-state index contributed by atoms with van der Waals surface area (Å²) in [6.45, 7) is 1.63. The maximum Gasteiger partial charge on any atom is 0.331 e. The van der Waals surface area contributed by atoms with E-state index in [0.717, 1.165) is 0 Å². The quantitative estimate of drug-likeness (QED) is 0.485. The monoisotopic (exact) mass is 414 g/mol. The number of nitrogens with one attached hydrogen (secondary N) is 1. The predicted molar refractivity (Wildman–Crippen MR) is 110 cm³/mol. The minimum Gasteiger partial charge on any atom is -0.493 e. The smallest absolute Gasteiger partial charge is 0.331 e. The van der Waals surface area contributed by atoms with Gasteiger partial charge >= 0.3 is 5.97 Å². The number of aromatic nitrogens is 2. The minimum atomic E-state index is -0.738. The van der Waals surface area contributed by atoms with Crippen molar-refractivity contribution < 1.29 is 19.0 Å². The fourth-order valence-corrected chi connectivity index (χ4v) is 3.06. The first-order valence-electron chi connectivity index (χ1n) is 8.72. The summed E-state index contributed by atoms with van der Waals surface area (Å²) in [4.78, 5) is 31.4. The maximum absolute atomic E-state index is 12.2. The van der Waals surface area contributed by atoms with Crippen LogP contribution in [0.25, 0.3) is 17.0 Å². The summed E-state index contributed by atoms with van der Waals surface area (Å²) in [5, 5.41) is 0.825. The molecule has 0 amide bonds. The van der Waals surface area contributed by atoms with Gasteiger partial charge in [-0.05, 0) is 42.8 Å². The van der Waals surface area contributed by atoms with Gasteiger partial charge in [-0.2, -0.15) is 0 Å². The number of benzene rings is 2. The highest BCUT2D eigenvalue weighted by Gasteiger charge is 2.15. The van der Waals surface area contributed by atoms with Gasteiger partial charge in [-0.25, -0.2) is 9.78 Å². The number of nitrogens with zero attached hydrogens (tertiary/aromatic N) is 1. The molecule has 1 heterocycles. The Bertz CT molecular complexity index is 1140. The van der Waals surface area contributed by atoms with Crippen molar-refractivity contribution >= 4 is 34.5 Å². The molecule has 0 bridgehead atoms. The van der Waals surface area contributed by atoms with Crippen molar-refractivity contribution in [3.05, 3.63) is 69.2 Å². The molecule has 3 aromatic rings. The second kappa shape index (κ2) is 8.79. The third-order valence-corrected chi connectivity index (χ3v) is 4.46. The molecule has 8 heteroatoms. The van der Waals surface area contributed by atoms with Crippen molar-refractivity contribution in [3.63, 3.8) is 0 Å². The minimum absolute atomic E-state index is 0.268. The lowest BCUT2D eigenvalue weighted by atomic mass is 10.2. The number of carbonyl (C=O) groups excluding carboxylic acids is 1. The standard InChI is InChI=1S/C21H19ClN2O5/c1-12(20-23-16-7-5-4-6-14(16)21(26)24-20)29-18(25)9-8-13-10-15(22)19(28-3)17(11-13)27-2/h4-12H,1-3H3,(H,23,24,26)/b9-8+/t12-/m0/s1. The second-order valence-electron chi connectivity index (χ2n) is 6.12. The Kier molecular flexibility index (Phi) is 6.19. The van der Waals surface area contributed by atoms with E-state index in [0.29, 0.717) is 33.0 Å². The topological polar surface area (TPSA) is 90.5 Å². The lowest BCUT2D eigenvalue weighted by Crippen LogP contribution is -2.16. The van der Waals surface area contributed by atoms with Gasteiger partial charge in [0.05, 0.1) is 30.1 Å². The summed E-state index contributed by atoms with van der Waals surface area (Å²) in [7, 11) is 2.98. The first-order chi connectivity index (χ1) is 13.9. The summed E-state index contributed by atoms with van der Waals surface area (Å²) in [5.74, 6) is 0.525. The van der Waals surface area contributed by atoms with Crippen LogP contribution in [0, 0.1) is 0 Å². The molecule has 150 valence electrons. The van der Waals surface area contributed by atoms with Crippen LogP contribution >= 0.6 is 11.6 Å². The van der Waals surface area contributed by atoms with E-state index in [1.807, 2.05) is 0 Å². The highest BCUT2D eigenvalue weighted by molar-refractivity contribution is 6.32. The van der Waals surface area contributed by atoms with Gasteiger partial charge in [-0.3, -0.25) is 4.79 Å². The average Bonchev–Trinajstić information content (AvgIpc) is 2.71. The Morgan fingerprint density at radius 2 is 1.97 bits per heavy atom. The highest BCUT2D eigenvalue weighted by Crippen LogP contribution is 2.36. The van der Waals surface area contributed by atoms with Crippen LogP contribution in [0.1, 0.15) is 24.4 Å². The molecule has 1 aromatic heterocycles. The first kappa shape index (κ1) is 20.4. The van der Waals surface area contributed by atoms with Crippen LogP contribution in [0.3, 0.4) is 0 Å². The molecule has 2 aromatic carbocycles. The number of halogens is 1. The van der Waals surface area contributed by atoms with Crippen LogP contribution in [-0.2, 0) is 9.53 Å². The molecule has 0 fully saturated rings. The second-order valence-corrected chi connectivity index (χ2v) is 6.53. The number of para-hydroxylation sites is 1. The SMILES string of the molecule is COc1cc(/C=C/C(=O)O[C@@H](C)c2nc3ccccc3c(=O)[nH]2)cc(Cl)c1OC. The molecule has 1 N–H and O–H groups in total. The summed E-state index contributed by atoms with van der Waals surface area (Å²) in [6.07, 6.45) is 2.06. The van der Waals surface area contributed by atoms with E-state index in [4.69, 9.17) is 25.8 Å². The summed E-state index contributed by atoms with van der Waals surface area (Å²) >= 11 is 6.16. The fourth-order valence-electron chi connectivity index (χ4n) is 2.76. The van der Waals surface area contributed by atoms with Crippen molar-refractivity contribution in [1.82, 2.24) is 9.97 Å². The Balaban J connectivity index is 1.75. The zero-order valence-corrected chi connectivity index (χ0v) is 16.8. The summed E-state index contributed by atoms with van der Waals surface area (Å²) in [5.41, 5.74) is 0.878. The van der Waals surface area contributed by atoms with E-state index in [-0.39, 0.29) is 11.4 Å². The molecule has 0 saturated heterocycles. The molecule has 0 unspecified atom stereocenters. The van der Waals surface area contributed by atoms with E-state index in [1.165, 1.54) is 20.3 Å². The molecule has 29 heavy (non-hydrogen) atoms. The Morgan fingerprint density at radius 1 is 1.21 bits per heavy atom. The van der Waals surface area contributed by atoms with Crippen LogP contribution in [-0.4, -0.2) is 30.2 Å². The van der Waals surface area contributed by atoms with Gasteiger partial charge in [0, 0.05) is 6.08 Å². The molecule has 3 rings (SSSR count). The number of hydrogen-bond acceptors (Lipinski definition) is 6. The van der Waals surface area contributed by atoms with Gasteiger partial charge in [0.15, 0.2) is 23.4 Å².